The number of isocyanates is 12. The van der Waals surface area contributed by atoms with Gasteiger partial charge in [0, 0.05) is 97.7 Å². The van der Waals surface area contributed by atoms with Crippen LogP contribution in [0, 0.1) is 45.3 Å². The van der Waals surface area contributed by atoms with Crippen molar-refractivity contribution in [2.45, 2.75) is 215 Å². The van der Waals surface area contributed by atoms with Gasteiger partial charge in [0.25, 0.3) is 0 Å². The van der Waals surface area contributed by atoms with E-state index in [1.165, 1.54) is 68.6 Å². The molecule has 0 aromatic heterocycles. The predicted molar refractivity (Wildman–Crippen MR) is 608 cm³/mol. The van der Waals surface area contributed by atoms with Crippen LogP contribution in [0.15, 0.2) is 108 Å². The van der Waals surface area contributed by atoms with E-state index in [1.54, 1.807) is 83.3 Å². The van der Waals surface area contributed by atoms with Gasteiger partial charge in [0.05, 0.1) is 76.6 Å². The summed E-state index contributed by atoms with van der Waals surface area (Å²) in [4.78, 5) is 164. The Hall–Kier alpha value is -4.19. The lowest BCUT2D eigenvalue weighted by Gasteiger charge is -2.44. The van der Waals surface area contributed by atoms with Crippen LogP contribution in [-0.4, -0.2) is 153 Å². The van der Waals surface area contributed by atoms with Crippen molar-refractivity contribution in [1.29, 1.82) is 1.28 Å². The lowest BCUT2D eigenvalue weighted by molar-refractivity contribution is 0.0915. The highest BCUT2D eigenvalue weighted by molar-refractivity contribution is 14.3. The second-order valence-electron chi connectivity index (χ2n) is 27.5. The number of rotatable bonds is 32. The van der Waals surface area contributed by atoms with Crippen molar-refractivity contribution in [3.05, 3.63) is 59.7 Å². The van der Waals surface area contributed by atoms with Crippen LogP contribution < -0.4 is 0 Å². The van der Waals surface area contributed by atoms with Crippen molar-refractivity contribution in [2.24, 2.45) is 105 Å². The molecule has 31 heteroatoms. The molecule has 5 unspecified atom stereocenters. The monoisotopic (exact) mass is 2290 g/mol. The molecule has 712 valence electrons. The summed E-state index contributed by atoms with van der Waals surface area (Å²) in [5, 5.41) is 0. The minimum atomic E-state index is -0.697. The average Bonchev–Trinajstić information content (AvgIpc) is 0.799. The number of benzene rings is 2. The van der Waals surface area contributed by atoms with Gasteiger partial charge in [-0.1, -0.05) is 167 Å². The van der Waals surface area contributed by atoms with Gasteiger partial charge < -0.3 is 0 Å². The van der Waals surface area contributed by atoms with E-state index in [4.69, 9.17) is 6.76 Å². The van der Waals surface area contributed by atoms with E-state index >= 15 is 0 Å². The minimum Gasteiger partial charge on any atom is -0.211 e. The fraction of sp³-hybridized carbons (Fsp3) is 0.680. The van der Waals surface area contributed by atoms with E-state index in [2.05, 4.69) is 159 Å². The number of alkyl halides is 3. The summed E-state index contributed by atoms with van der Waals surface area (Å²) >= 11 is 9.71. The number of unbranched alkanes of at least 4 members (excludes halogenated alkanes) is 3. The molecule has 0 bridgehead atoms. The van der Waals surface area contributed by atoms with Gasteiger partial charge in [0.2, 0.25) is 73.0 Å². The average molecular weight is 2290 g/mol. The minimum absolute atomic E-state index is 0. The van der Waals surface area contributed by atoms with Gasteiger partial charge in [-0.3, -0.25) is 0 Å². The number of halogens is 6. The molecule has 5 atom stereocenters. The zero-order chi connectivity index (χ0) is 84.3. The van der Waals surface area contributed by atoms with Gasteiger partial charge in [0.1, 0.15) is 0 Å². The van der Waals surface area contributed by atoms with Crippen molar-refractivity contribution in [3.63, 3.8) is 0 Å². The topological polar surface area (TPSA) is 353 Å². The lowest BCUT2D eigenvalue weighted by Crippen LogP contribution is -2.39. The Morgan fingerprint density at radius 2 is 0.906 bits per heavy atom. The zero-order valence-corrected chi connectivity index (χ0v) is 76.5. The molecule has 5 rings (SSSR count). The summed E-state index contributed by atoms with van der Waals surface area (Å²) in [6.07, 6.45) is 39.9. The summed E-state index contributed by atoms with van der Waals surface area (Å²) < 4.78 is 31.1. The van der Waals surface area contributed by atoms with Crippen LogP contribution in [0.25, 0.3) is 0 Å². The van der Waals surface area contributed by atoms with Crippen LogP contribution in [0.3, 0.4) is 0 Å². The summed E-state index contributed by atoms with van der Waals surface area (Å²) in [7, 11) is 0. The van der Waals surface area contributed by atoms with Crippen molar-refractivity contribution in [3.8, 4) is 0 Å². The van der Waals surface area contributed by atoms with Crippen LogP contribution in [-0.2, 0) is 64.0 Å². The molecule has 3 aliphatic rings. The number of hydrogen-bond acceptors (Lipinski definition) is 24. The predicted octanol–water partition coefficient (Wildman–Crippen LogP) is 35.4. The van der Waals surface area contributed by atoms with Crippen molar-refractivity contribution >= 4 is 224 Å². The fourth-order valence-electron chi connectivity index (χ4n) is 12.7. The second-order valence-corrected chi connectivity index (χ2v) is 36.0. The fourth-order valence-corrected chi connectivity index (χ4v) is 12.7. The Balaban J connectivity index is -0.0000000106. The maximum Gasteiger partial charge on any atom is 0.240 e. The number of aliphatic imine (C=N–C) groups is 12. The molecule has 0 spiro atoms. The Bertz CT molecular complexity index is 3390. The SMILES string of the molecule is CC(CCN=C=O)CC(C)(C)CN=C=O.CC(CN=C=O)CC(C)(C)CCN=C=O.CC1(C)CC(N=C=O)CC(C)(CN=C=O)C1.I.O=C=NC1CCC(CC2CCC(N=C=O)CC2)CC1.O=C=NCCCCCCN=C=O.O=C=Nc1ccc(Cc2ccc(N=C=O)cc2)cc1.[2H]C([3H])I.[2H]CI.[2H]CI.[2H]P(I)I.[HH].[HH].[HH].[HH].[HH].[HH].[HH].[HH].[HH].[HH].[HH].[HH].[HH].[HH].[HH].[HH].[HH].[HH].[HH].[HH].[HH].[HH].[HH].[HH].[HH].[HH].[HH].[HH].[HH].[HH].[HH].[HH].[HH].[HH].[HH].[HH].[HH].[HH].[HH].[HH].[HH].[HH].[HH].[HH].[HH].[HH].[HH].[HH].[HH].[HH].[HH].[HH].[HH].[HH].[HH].[HH].[HH].[HH].[HH].[HH].[HH].[HH]. The first kappa shape index (κ1) is 102. The van der Waals surface area contributed by atoms with Crippen LogP contribution >= 0.6 is 140 Å². The molecule has 2 aromatic rings. The van der Waals surface area contributed by atoms with E-state index in [1.807, 2.05) is 76.4 Å². The third-order valence-corrected chi connectivity index (χ3v) is 16.6. The van der Waals surface area contributed by atoms with E-state index in [9.17, 15) is 57.5 Å². The van der Waals surface area contributed by atoms with Gasteiger partial charge in [0.15, 0.2) is 0 Å². The molecule has 0 heterocycles. The first-order chi connectivity index (χ1) is 52.3. The molecule has 0 aliphatic heterocycles. The Kier molecular flexibility index (Phi) is 74.5. The quantitative estimate of drug-likeness (QED) is 0.0165. The highest BCUT2D eigenvalue weighted by Crippen LogP contribution is 2.47. The Labute approximate surface area is 813 Å². The van der Waals surface area contributed by atoms with Gasteiger partial charge in [-0.15, -0.1) is 24.0 Å². The molecule has 3 aliphatic carbocycles. The van der Waals surface area contributed by atoms with Crippen LogP contribution in [0.4, 0.5) is 11.4 Å². The summed E-state index contributed by atoms with van der Waals surface area (Å²) in [5.74, 6) is 2.41. The first-order valence-electron chi connectivity index (χ1n) is 36.9. The van der Waals surface area contributed by atoms with Crippen LogP contribution in [0.5, 0.6) is 0 Å². The highest BCUT2D eigenvalue weighted by Gasteiger charge is 2.41. The van der Waals surface area contributed by atoms with Crippen molar-refractivity contribution < 1.29 is 151 Å². The molecule has 0 radical (unpaired) electrons. The van der Waals surface area contributed by atoms with Gasteiger partial charge >= 0.3 is 0 Å². The molecule has 24 nitrogen and oxygen atoms in total. The molecular weight excluding hydrogens is 2050 g/mol. The normalized spacial score (nSPS) is 18.6. The Morgan fingerprint density at radius 3 is 1.29 bits per heavy atom. The number of nitrogens with zero attached hydrogens (tertiary/aromatic N) is 12. The zero-order valence-electron chi connectivity index (χ0n) is 67.5. The maximum atomic E-state index is 10.3. The molecule has 0 amide bonds. The first-order valence-corrected chi connectivity index (χ1v) is 44.6. The molecule has 2 aromatic carbocycles. The van der Waals surface area contributed by atoms with E-state index in [0.717, 1.165) is 126 Å². The van der Waals surface area contributed by atoms with E-state index in [-0.39, 0.29) is 152 Å². The van der Waals surface area contributed by atoms with E-state index < -0.39 is 8.69 Å². The number of carbonyl (C=O) groups excluding carboxylic acids is 12. The molecule has 3 saturated carbocycles. The van der Waals surface area contributed by atoms with E-state index in [0.29, 0.717) is 78.8 Å². The van der Waals surface area contributed by atoms with Gasteiger partial charge in [-0.25, -0.2) is 107 Å². The standard InChI is InChI=1S/C15H22N2O2.C15H10N2O2.C12H18N2O2.2C11H18N2O2.C8H12N2O2.3CH3I.HI2P.HI.62H2/c2*18-10-16-14-5-1-12(2-6-14)9-13-3-7-15(8-4-13)17-11-19;1-11(2)4-10(14-9-16)5-12(3,6-11)7-13-8-15;1-10(7-13-9-15)6-11(2,3)4-5-12-8-14;1-10(4-5-12-8-14)6-11(2,3)7-13-9-15;11-7-9-5-3-1-2-4-6-10-8-12;3*1-2;1-3-2;;;;;;;;;;;;;;;;;;;;;;;;;;;;;;;;;;;;;;;;;;;;;;;;;;;;;;;;;;;;;;;/h12-15H,1-9H2;1-8H,9H2;10H,4-7H2,1-3H3;2*10H,4-7H2,1-3H3;1-6H2;3*1H3;3H;63*1H/i;;;;;;1TD;2*1D;3D;;;;;;;;;;;;;;;;;;;;;;;;;;;;;;;;;;;;;;;;;;;;;;;;;;;;;;;;;;;;;;;. The Morgan fingerprint density at radius 1 is 0.528 bits per heavy atom. The molecule has 3 fully saturated rings. The largest absolute Gasteiger partial charge is 0.240 e. The van der Waals surface area contributed by atoms with Crippen LogP contribution in [0.2, 0.25) is 0 Å². The number of hydrogen-bond donors (Lipinski definition) is 0. The van der Waals surface area contributed by atoms with Gasteiger partial charge in [-0.2, -0.15) is 9.98 Å². The summed E-state index contributed by atoms with van der Waals surface area (Å²) in [5.41, 5.74) is 3.57. The van der Waals surface area contributed by atoms with Crippen molar-refractivity contribution in [2.75, 3.05) is 60.5 Å². The summed E-state index contributed by atoms with van der Waals surface area (Å²) in [6.45, 7) is 22.5. The lowest BCUT2D eigenvalue weighted by atomic mass is 9.63. The maximum absolute atomic E-state index is 10.3. The highest BCUT2D eigenvalue weighted by atomic mass is 127. The molecular formula is C75H233I6N12O12P. The van der Waals surface area contributed by atoms with Crippen LogP contribution in [0.1, 0.15) is 296 Å². The third kappa shape index (κ3) is 69.0. The van der Waals surface area contributed by atoms with Gasteiger partial charge in [-0.05, 0) is 261 Å². The smallest absolute Gasteiger partial charge is 0.211 e. The molecule has 0 N–H and O–H groups in total. The summed E-state index contributed by atoms with van der Waals surface area (Å²) in [6, 6.07) is 15.2. The second kappa shape index (κ2) is 77.5. The molecule has 0 saturated heterocycles. The molecule has 106 heavy (non-hydrogen) atoms. The third-order valence-electron chi connectivity index (χ3n) is 16.6. The van der Waals surface area contributed by atoms with Crippen molar-refractivity contribution in [1.82, 2.24) is 0 Å².